The minimum absolute atomic E-state index is 0.0873. The lowest BCUT2D eigenvalue weighted by atomic mass is 9.89. The molecule has 0 saturated carbocycles. The Kier molecular flexibility index (Phi) is 6.98. The van der Waals surface area contributed by atoms with Gasteiger partial charge in [0.15, 0.2) is 0 Å². The summed E-state index contributed by atoms with van der Waals surface area (Å²) < 4.78 is 7.08. The van der Waals surface area contributed by atoms with Gasteiger partial charge in [-0.25, -0.2) is 0 Å². The van der Waals surface area contributed by atoms with Crippen LogP contribution in [0.15, 0.2) is 12.3 Å². The monoisotopic (exact) mass is 253 g/mol. The van der Waals surface area contributed by atoms with E-state index in [0.29, 0.717) is 12.5 Å². The summed E-state index contributed by atoms with van der Waals surface area (Å²) in [6.07, 6.45) is 6.57. The van der Waals surface area contributed by atoms with Crippen molar-refractivity contribution in [2.24, 2.45) is 11.7 Å². The van der Waals surface area contributed by atoms with Gasteiger partial charge in [-0.2, -0.15) is 5.10 Å². The lowest BCUT2D eigenvalue weighted by Crippen LogP contribution is -2.25. The maximum atomic E-state index is 6.43. The van der Waals surface area contributed by atoms with E-state index in [1.807, 2.05) is 16.9 Å². The Balaban J connectivity index is 2.73. The number of hydrogen-bond donors (Lipinski definition) is 1. The van der Waals surface area contributed by atoms with Crippen molar-refractivity contribution < 1.29 is 4.74 Å². The Morgan fingerprint density at radius 3 is 2.56 bits per heavy atom. The topological polar surface area (TPSA) is 53.1 Å². The van der Waals surface area contributed by atoms with Gasteiger partial charge in [-0.1, -0.05) is 26.7 Å². The van der Waals surface area contributed by atoms with Gasteiger partial charge in [0.25, 0.3) is 0 Å². The van der Waals surface area contributed by atoms with Crippen molar-refractivity contribution >= 4 is 0 Å². The van der Waals surface area contributed by atoms with Gasteiger partial charge in [0.2, 0.25) is 0 Å². The van der Waals surface area contributed by atoms with Crippen LogP contribution < -0.4 is 5.73 Å². The lowest BCUT2D eigenvalue weighted by Gasteiger charge is -2.24. The van der Waals surface area contributed by atoms with Crippen LogP contribution in [0.3, 0.4) is 0 Å². The summed E-state index contributed by atoms with van der Waals surface area (Å²) in [6, 6.07) is 2.13. The average molecular weight is 253 g/mol. The summed E-state index contributed by atoms with van der Waals surface area (Å²) in [5.41, 5.74) is 7.56. The van der Waals surface area contributed by atoms with E-state index in [-0.39, 0.29) is 6.04 Å². The Hall–Kier alpha value is -0.870. The molecule has 0 fully saturated rings. The van der Waals surface area contributed by atoms with Gasteiger partial charge in [0, 0.05) is 19.3 Å². The first-order chi connectivity index (χ1) is 8.74. The number of nitrogens with zero attached hydrogens (tertiary/aromatic N) is 2. The van der Waals surface area contributed by atoms with Crippen LogP contribution >= 0.6 is 0 Å². The summed E-state index contributed by atoms with van der Waals surface area (Å²) in [6.45, 7) is 5.89. The summed E-state index contributed by atoms with van der Waals surface area (Å²) in [4.78, 5) is 0. The van der Waals surface area contributed by atoms with Crippen molar-refractivity contribution in [2.75, 3.05) is 13.7 Å². The molecule has 0 saturated heterocycles. The number of rotatable bonds is 9. The zero-order valence-corrected chi connectivity index (χ0v) is 11.9. The predicted molar refractivity (Wildman–Crippen MR) is 74.3 cm³/mol. The highest BCUT2D eigenvalue weighted by Gasteiger charge is 2.21. The molecule has 0 aliphatic carbocycles. The van der Waals surface area contributed by atoms with Crippen LogP contribution in [-0.2, 0) is 11.3 Å². The molecule has 1 aromatic heterocycles. The molecule has 0 bridgehead atoms. The highest BCUT2D eigenvalue weighted by atomic mass is 16.5. The molecule has 0 amide bonds. The van der Waals surface area contributed by atoms with Crippen LogP contribution in [0.1, 0.15) is 51.3 Å². The standard InChI is InChI=1S/C14H27N3O/c1-4-6-12(7-5-2)14(15)13-8-9-16-17(13)10-11-18-3/h8-9,12,14H,4-7,10-11,15H2,1-3H3. The molecule has 0 aliphatic heterocycles. The number of ether oxygens (including phenoxy) is 1. The lowest BCUT2D eigenvalue weighted by molar-refractivity contribution is 0.181. The quantitative estimate of drug-likeness (QED) is 0.736. The van der Waals surface area contributed by atoms with E-state index in [1.165, 1.54) is 25.7 Å². The molecule has 1 atom stereocenters. The van der Waals surface area contributed by atoms with Gasteiger partial charge < -0.3 is 10.5 Å². The first-order valence-corrected chi connectivity index (χ1v) is 7.00. The molecule has 4 nitrogen and oxygen atoms in total. The molecule has 0 spiro atoms. The Bertz CT molecular complexity index is 319. The molecule has 18 heavy (non-hydrogen) atoms. The molecule has 1 unspecified atom stereocenters. The average Bonchev–Trinajstić information content (AvgIpc) is 2.83. The van der Waals surface area contributed by atoms with E-state index in [9.17, 15) is 0 Å². The molecular formula is C14H27N3O. The second kappa shape index (κ2) is 8.27. The maximum Gasteiger partial charge on any atom is 0.0659 e. The molecule has 1 heterocycles. The second-order valence-electron chi connectivity index (χ2n) is 4.84. The fraction of sp³-hybridized carbons (Fsp3) is 0.786. The predicted octanol–water partition coefficient (Wildman–Crippen LogP) is 2.75. The first kappa shape index (κ1) is 15.2. The Labute approximate surface area is 111 Å². The third-order valence-corrected chi connectivity index (χ3v) is 3.42. The largest absolute Gasteiger partial charge is 0.383 e. The minimum Gasteiger partial charge on any atom is -0.383 e. The van der Waals surface area contributed by atoms with Crippen LogP contribution in [0.5, 0.6) is 0 Å². The van der Waals surface area contributed by atoms with Crippen molar-refractivity contribution in [3.63, 3.8) is 0 Å². The molecule has 0 aliphatic rings. The minimum atomic E-state index is 0.0873. The van der Waals surface area contributed by atoms with E-state index in [4.69, 9.17) is 10.5 Å². The van der Waals surface area contributed by atoms with Crippen molar-refractivity contribution in [3.05, 3.63) is 18.0 Å². The molecule has 1 rings (SSSR count). The second-order valence-corrected chi connectivity index (χ2v) is 4.84. The fourth-order valence-corrected chi connectivity index (χ4v) is 2.48. The molecule has 4 heteroatoms. The van der Waals surface area contributed by atoms with Crippen molar-refractivity contribution in [3.8, 4) is 0 Å². The number of nitrogens with two attached hydrogens (primary N) is 1. The van der Waals surface area contributed by atoms with E-state index >= 15 is 0 Å². The summed E-state index contributed by atoms with van der Waals surface area (Å²) in [5, 5.41) is 4.33. The van der Waals surface area contributed by atoms with Crippen molar-refractivity contribution in [1.82, 2.24) is 9.78 Å². The normalized spacial score (nSPS) is 13.2. The number of hydrogen-bond acceptors (Lipinski definition) is 3. The molecule has 0 aromatic carbocycles. The van der Waals surface area contributed by atoms with Crippen LogP contribution in [0, 0.1) is 5.92 Å². The van der Waals surface area contributed by atoms with Gasteiger partial charge in [-0.3, -0.25) is 4.68 Å². The summed E-state index contributed by atoms with van der Waals surface area (Å²) in [5.74, 6) is 0.554. The van der Waals surface area contributed by atoms with Crippen LogP contribution in [0.2, 0.25) is 0 Å². The molecule has 2 N–H and O–H groups in total. The van der Waals surface area contributed by atoms with Crippen molar-refractivity contribution in [1.29, 1.82) is 0 Å². The van der Waals surface area contributed by atoms with E-state index in [1.54, 1.807) is 7.11 Å². The molecule has 0 radical (unpaired) electrons. The summed E-state index contributed by atoms with van der Waals surface area (Å²) in [7, 11) is 1.71. The molecule has 1 aromatic rings. The third-order valence-electron chi connectivity index (χ3n) is 3.42. The third kappa shape index (κ3) is 4.10. The maximum absolute atomic E-state index is 6.43. The van der Waals surface area contributed by atoms with Gasteiger partial charge >= 0.3 is 0 Å². The Morgan fingerprint density at radius 2 is 2.00 bits per heavy atom. The van der Waals surface area contributed by atoms with E-state index in [2.05, 4.69) is 18.9 Å². The van der Waals surface area contributed by atoms with Gasteiger partial charge in [0.1, 0.15) is 0 Å². The van der Waals surface area contributed by atoms with Crippen LogP contribution in [0.25, 0.3) is 0 Å². The zero-order valence-electron chi connectivity index (χ0n) is 11.9. The highest BCUT2D eigenvalue weighted by molar-refractivity contribution is 5.07. The van der Waals surface area contributed by atoms with Gasteiger partial charge in [-0.15, -0.1) is 0 Å². The molecular weight excluding hydrogens is 226 g/mol. The summed E-state index contributed by atoms with van der Waals surface area (Å²) >= 11 is 0. The smallest absolute Gasteiger partial charge is 0.0659 e. The SMILES string of the molecule is CCCC(CCC)C(N)c1ccnn1CCOC. The first-order valence-electron chi connectivity index (χ1n) is 7.00. The zero-order chi connectivity index (χ0) is 13.4. The van der Waals surface area contributed by atoms with E-state index in [0.717, 1.165) is 12.2 Å². The van der Waals surface area contributed by atoms with Crippen LogP contribution in [-0.4, -0.2) is 23.5 Å². The van der Waals surface area contributed by atoms with Gasteiger partial charge in [0.05, 0.1) is 18.8 Å². The molecule has 104 valence electrons. The number of methoxy groups -OCH3 is 1. The van der Waals surface area contributed by atoms with E-state index < -0.39 is 0 Å². The fourth-order valence-electron chi connectivity index (χ4n) is 2.48. The number of aromatic nitrogens is 2. The highest BCUT2D eigenvalue weighted by Crippen LogP contribution is 2.27. The van der Waals surface area contributed by atoms with Crippen molar-refractivity contribution in [2.45, 2.75) is 52.1 Å². The van der Waals surface area contributed by atoms with Crippen LogP contribution in [0.4, 0.5) is 0 Å². The van der Waals surface area contributed by atoms with Gasteiger partial charge in [-0.05, 0) is 24.8 Å². The Morgan fingerprint density at radius 1 is 1.33 bits per heavy atom.